The molecule has 2 fully saturated rings. The van der Waals surface area contributed by atoms with Gasteiger partial charge in [0.25, 0.3) is 5.91 Å². The fourth-order valence-electron chi connectivity index (χ4n) is 5.54. The Balaban J connectivity index is 1.69. The second-order valence-electron chi connectivity index (χ2n) is 9.01. The number of carbonyl (C=O) groups is 1. The Kier molecular flexibility index (Phi) is 5.60. The van der Waals surface area contributed by atoms with Crippen LogP contribution in [0.15, 0.2) is 54.6 Å². The van der Waals surface area contributed by atoms with Crippen LogP contribution in [0.25, 0.3) is 0 Å². The number of hydrogen-bond acceptors (Lipinski definition) is 4. The molecule has 0 bridgehead atoms. The van der Waals surface area contributed by atoms with Crippen molar-refractivity contribution in [2.45, 2.75) is 42.7 Å². The van der Waals surface area contributed by atoms with Gasteiger partial charge in [0.2, 0.25) is 0 Å². The van der Waals surface area contributed by atoms with Gasteiger partial charge in [0.15, 0.2) is 0 Å². The summed E-state index contributed by atoms with van der Waals surface area (Å²) in [4.78, 5) is 17.2. The molecule has 2 unspecified atom stereocenters. The summed E-state index contributed by atoms with van der Waals surface area (Å²) < 4.78 is 5.49. The molecule has 160 valence electrons. The predicted octanol–water partition coefficient (Wildman–Crippen LogP) is 3.32. The SMILES string of the molecule is COc1cccc(C23CCN(C)CC2(O)CC[C@H](N(C)C(=O)c2ccccc2)C3)c1. The zero-order valence-electron chi connectivity index (χ0n) is 18.2. The van der Waals surface area contributed by atoms with Crippen molar-refractivity contribution in [3.63, 3.8) is 0 Å². The highest BCUT2D eigenvalue weighted by Gasteiger charge is 2.57. The first kappa shape index (κ1) is 20.9. The van der Waals surface area contributed by atoms with Gasteiger partial charge >= 0.3 is 0 Å². The quantitative estimate of drug-likeness (QED) is 0.843. The van der Waals surface area contributed by atoms with Crippen LogP contribution in [0.2, 0.25) is 0 Å². The van der Waals surface area contributed by atoms with Crippen LogP contribution in [0.4, 0.5) is 0 Å². The van der Waals surface area contributed by atoms with E-state index in [9.17, 15) is 9.90 Å². The summed E-state index contributed by atoms with van der Waals surface area (Å²) >= 11 is 0. The Bertz CT molecular complexity index is 902. The average Bonchev–Trinajstić information content (AvgIpc) is 2.78. The number of fused-ring (bicyclic) bond motifs is 1. The van der Waals surface area contributed by atoms with E-state index in [0.717, 1.165) is 37.1 Å². The molecule has 0 aromatic heterocycles. The molecule has 0 spiro atoms. The summed E-state index contributed by atoms with van der Waals surface area (Å²) in [6.45, 7) is 1.57. The maximum Gasteiger partial charge on any atom is 0.253 e. The van der Waals surface area contributed by atoms with E-state index in [0.29, 0.717) is 18.5 Å². The molecule has 1 saturated heterocycles. The lowest BCUT2D eigenvalue weighted by Crippen LogP contribution is -2.66. The molecule has 0 radical (unpaired) electrons. The normalized spacial score (nSPS) is 29.1. The number of methoxy groups -OCH3 is 1. The van der Waals surface area contributed by atoms with E-state index in [1.54, 1.807) is 7.11 Å². The number of nitrogens with zero attached hydrogens (tertiary/aromatic N) is 2. The zero-order valence-corrected chi connectivity index (χ0v) is 18.2. The van der Waals surface area contributed by atoms with Crippen LogP contribution < -0.4 is 4.74 Å². The number of amides is 1. The van der Waals surface area contributed by atoms with E-state index in [1.807, 2.05) is 54.4 Å². The van der Waals surface area contributed by atoms with E-state index in [-0.39, 0.29) is 11.9 Å². The maximum atomic E-state index is 13.1. The van der Waals surface area contributed by atoms with Crippen LogP contribution >= 0.6 is 0 Å². The topological polar surface area (TPSA) is 53.0 Å². The van der Waals surface area contributed by atoms with Gasteiger partial charge in [-0.3, -0.25) is 4.79 Å². The Morgan fingerprint density at radius 1 is 1.17 bits per heavy atom. The molecular formula is C25H32N2O3. The van der Waals surface area contributed by atoms with Crippen molar-refractivity contribution in [3.8, 4) is 5.75 Å². The van der Waals surface area contributed by atoms with Crippen molar-refractivity contribution in [2.75, 3.05) is 34.3 Å². The van der Waals surface area contributed by atoms with E-state index in [4.69, 9.17) is 4.74 Å². The number of carbonyl (C=O) groups excluding carboxylic acids is 1. The molecule has 1 amide bonds. The summed E-state index contributed by atoms with van der Waals surface area (Å²) in [5.41, 5.74) is 0.601. The smallest absolute Gasteiger partial charge is 0.253 e. The van der Waals surface area contributed by atoms with Crippen LogP contribution in [0.1, 0.15) is 41.6 Å². The van der Waals surface area contributed by atoms with Crippen LogP contribution in [-0.2, 0) is 5.41 Å². The summed E-state index contributed by atoms with van der Waals surface area (Å²) in [6.07, 6.45) is 3.08. The molecule has 3 atom stereocenters. The lowest BCUT2D eigenvalue weighted by Gasteiger charge is -2.58. The average molecular weight is 409 g/mol. The summed E-state index contributed by atoms with van der Waals surface area (Å²) in [5.74, 6) is 0.846. The van der Waals surface area contributed by atoms with Crippen molar-refractivity contribution >= 4 is 5.91 Å². The Labute approximate surface area is 179 Å². The second-order valence-corrected chi connectivity index (χ2v) is 9.01. The minimum Gasteiger partial charge on any atom is -0.497 e. The van der Waals surface area contributed by atoms with Gasteiger partial charge in [0.1, 0.15) is 5.75 Å². The van der Waals surface area contributed by atoms with E-state index in [2.05, 4.69) is 24.1 Å². The van der Waals surface area contributed by atoms with Gasteiger partial charge < -0.3 is 19.6 Å². The second kappa shape index (κ2) is 8.05. The third-order valence-electron chi connectivity index (χ3n) is 7.33. The lowest BCUT2D eigenvalue weighted by molar-refractivity contribution is -0.127. The molecule has 5 heteroatoms. The van der Waals surface area contributed by atoms with Crippen molar-refractivity contribution in [1.29, 1.82) is 0 Å². The number of benzene rings is 2. The maximum absolute atomic E-state index is 13.1. The monoisotopic (exact) mass is 408 g/mol. The fraction of sp³-hybridized carbons (Fsp3) is 0.480. The number of ether oxygens (including phenoxy) is 1. The van der Waals surface area contributed by atoms with E-state index in [1.165, 1.54) is 0 Å². The Morgan fingerprint density at radius 3 is 2.67 bits per heavy atom. The van der Waals surface area contributed by atoms with Gasteiger partial charge in [0, 0.05) is 30.6 Å². The third-order valence-corrected chi connectivity index (χ3v) is 7.33. The molecule has 1 aliphatic carbocycles. The van der Waals surface area contributed by atoms with Crippen molar-refractivity contribution in [1.82, 2.24) is 9.80 Å². The Morgan fingerprint density at radius 2 is 1.93 bits per heavy atom. The number of rotatable bonds is 4. The first-order valence-electron chi connectivity index (χ1n) is 10.8. The fourth-order valence-corrected chi connectivity index (χ4v) is 5.54. The molecule has 4 rings (SSSR count). The largest absolute Gasteiger partial charge is 0.497 e. The first-order chi connectivity index (χ1) is 14.4. The van der Waals surface area contributed by atoms with Gasteiger partial charge in [-0.1, -0.05) is 30.3 Å². The highest BCUT2D eigenvalue weighted by Crippen LogP contribution is 2.52. The van der Waals surface area contributed by atoms with Crippen molar-refractivity contribution in [3.05, 3.63) is 65.7 Å². The molecule has 1 heterocycles. The van der Waals surface area contributed by atoms with Crippen molar-refractivity contribution in [2.24, 2.45) is 0 Å². The van der Waals surface area contributed by atoms with Crippen LogP contribution in [0, 0.1) is 0 Å². The number of aliphatic hydroxyl groups is 1. The van der Waals surface area contributed by atoms with E-state index < -0.39 is 11.0 Å². The van der Waals surface area contributed by atoms with Crippen LogP contribution in [0.5, 0.6) is 5.75 Å². The van der Waals surface area contributed by atoms with Crippen LogP contribution in [-0.4, -0.2) is 66.8 Å². The van der Waals surface area contributed by atoms with Gasteiger partial charge in [-0.15, -0.1) is 0 Å². The number of piperidine rings is 1. The van der Waals surface area contributed by atoms with Gasteiger partial charge in [-0.05, 0) is 69.1 Å². The molecule has 30 heavy (non-hydrogen) atoms. The summed E-state index contributed by atoms with van der Waals surface area (Å²) in [7, 11) is 5.65. The number of hydrogen-bond donors (Lipinski definition) is 1. The molecule has 2 aromatic carbocycles. The highest BCUT2D eigenvalue weighted by atomic mass is 16.5. The highest BCUT2D eigenvalue weighted by molar-refractivity contribution is 5.94. The van der Waals surface area contributed by atoms with Crippen LogP contribution in [0.3, 0.4) is 0 Å². The predicted molar refractivity (Wildman–Crippen MR) is 118 cm³/mol. The van der Waals surface area contributed by atoms with Gasteiger partial charge in [-0.25, -0.2) is 0 Å². The standard InChI is InChI=1S/C25H32N2O3/c1-26-15-14-24(20-10-7-11-22(16-20)30-3)17-21(12-13-25(24,29)18-26)27(2)23(28)19-8-5-4-6-9-19/h4-11,16,21,29H,12-15,17-18H2,1-3H3/t21-,24?,25?/m0/s1. The third kappa shape index (κ3) is 3.50. The molecule has 1 saturated carbocycles. The summed E-state index contributed by atoms with van der Waals surface area (Å²) in [6, 6.07) is 17.7. The molecule has 1 aliphatic heterocycles. The van der Waals surface area contributed by atoms with Gasteiger partial charge in [-0.2, -0.15) is 0 Å². The molecular weight excluding hydrogens is 376 g/mol. The molecule has 2 aliphatic rings. The minimum atomic E-state index is -0.820. The first-order valence-corrected chi connectivity index (χ1v) is 10.8. The molecule has 2 aromatic rings. The number of β-amino-alcohol motifs (C(OH)–C–C–N with tert-alkyl or cyclic N) is 1. The molecule has 1 N–H and O–H groups in total. The zero-order chi connectivity index (χ0) is 21.4. The number of likely N-dealkylation sites (tertiary alicyclic amines) is 1. The Hall–Kier alpha value is -2.37. The van der Waals surface area contributed by atoms with E-state index >= 15 is 0 Å². The summed E-state index contributed by atoms with van der Waals surface area (Å²) in [5, 5.41) is 11.9. The van der Waals surface area contributed by atoms with Gasteiger partial charge in [0.05, 0.1) is 12.7 Å². The minimum absolute atomic E-state index is 0.0414. The van der Waals surface area contributed by atoms with Crippen molar-refractivity contribution < 1.29 is 14.6 Å². The number of likely N-dealkylation sites (N-methyl/N-ethyl adjacent to an activating group) is 1. The molecule has 5 nitrogen and oxygen atoms in total. The lowest BCUT2D eigenvalue weighted by atomic mass is 9.55.